The van der Waals surface area contributed by atoms with E-state index in [0.717, 1.165) is 24.0 Å². The first-order chi connectivity index (χ1) is 9.93. The molecule has 1 saturated carbocycles. The van der Waals surface area contributed by atoms with Gasteiger partial charge in [-0.1, -0.05) is 52.2 Å². The third kappa shape index (κ3) is 4.00. The number of hydrogen-bond acceptors (Lipinski definition) is 2. The van der Waals surface area contributed by atoms with E-state index in [1.165, 1.54) is 37.7 Å². The van der Waals surface area contributed by atoms with Gasteiger partial charge < -0.3 is 10.2 Å². The molecular formula is C19H30O2. The lowest BCUT2D eigenvalue weighted by atomic mass is 9.78. The highest BCUT2D eigenvalue weighted by Gasteiger charge is 2.25. The average Bonchev–Trinajstić information content (AvgIpc) is 2.46. The van der Waals surface area contributed by atoms with E-state index in [4.69, 9.17) is 5.11 Å². The summed E-state index contributed by atoms with van der Waals surface area (Å²) in [5, 5.41) is 19.9. The van der Waals surface area contributed by atoms with Crippen molar-refractivity contribution in [3.8, 4) is 5.75 Å². The molecule has 0 aliphatic heterocycles. The highest BCUT2D eigenvalue weighted by Crippen LogP contribution is 2.42. The molecule has 1 aliphatic carbocycles. The smallest absolute Gasteiger partial charge is 0.122 e. The second-order valence-electron chi connectivity index (χ2n) is 7.49. The Balaban J connectivity index is 2.41. The molecule has 2 nitrogen and oxygen atoms in total. The van der Waals surface area contributed by atoms with Crippen LogP contribution in [0.25, 0.3) is 0 Å². The topological polar surface area (TPSA) is 40.5 Å². The van der Waals surface area contributed by atoms with Gasteiger partial charge in [-0.2, -0.15) is 0 Å². The van der Waals surface area contributed by atoms with Gasteiger partial charge >= 0.3 is 0 Å². The van der Waals surface area contributed by atoms with Gasteiger partial charge in [0.1, 0.15) is 5.75 Å². The van der Waals surface area contributed by atoms with Crippen LogP contribution < -0.4 is 0 Å². The molecule has 0 heterocycles. The molecular weight excluding hydrogens is 260 g/mol. The second kappa shape index (κ2) is 6.83. The maximum Gasteiger partial charge on any atom is 0.122 e. The number of rotatable bonds is 4. The fraction of sp³-hybridized carbons (Fsp3) is 0.684. The number of hydrogen-bond donors (Lipinski definition) is 2. The summed E-state index contributed by atoms with van der Waals surface area (Å²) in [4.78, 5) is 0. The number of aliphatic hydroxyl groups is 1. The number of phenols is 1. The van der Waals surface area contributed by atoms with Crippen LogP contribution in [0.2, 0.25) is 0 Å². The summed E-state index contributed by atoms with van der Waals surface area (Å²) in [6.07, 6.45) is 7.94. The molecule has 0 aromatic heterocycles. The molecule has 2 N–H and O–H groups in total. The number of aromatic hydroxyl groups is 1. The lowest BCUT2D eigenvalue weighted by Crippen LogP contribution is -2.15. The minimum absolute atomic E-state index is 0.0529. The van der Waals surface area contributed by atoms with E-state index in [1.54, 1.807) is 0 Å². The molecule has 1 aromatic rings. The highest BCUT2D eigenvalue weighted by molar-refractivity contribution is 5.48. The summed E-state index contributed by atoms with van der Waals surface area (Å²) in [7, 11) is 0. The van der Waals surface area contributed by atoms with Gasteiger partial charge in [0.15, 0.2) is 0 Å². The van der Waals surface area contributed by atoms with Crippen LogP contribution in [-0.4, -0.2) is 16.8 Å². The first kappa shape index (κ1) is 16.4. The number of phenolic OH excluding ortho intramolecular Hbond substituents is 1. The zero-order chi connectivity index (χ0) is 15.5. The minimum atomic E-state index is -0.0529. The zero-order valence-electron chi connectivity index (χ0n) is 13.8. The summed E-state index contributed by atoms with van der Waals surface area (Å²) in [5.41, 5.74) is 3.41. The van der Waals surface area contributed by atoms with Gasteiger partial charge in [0.2, 0.25) is 0 Å². The van der Waals surface area contributed by atoms with Crippen LogP contribution in [0.4, 0.5) is 0 Å². The fourth-order valence-corrected chi connectivity index (χ4v) is 3.44. The second-order valence-corrected chi connectivity index (χ2v) is 7.49. The first-order valence-electron chi connectivity index (χ1n) is 8.40. The maximum absolute atomic E-state index is 10.8. The Labute approximate surface area is 129 Å². The number of aryl methyl sites for hydroxylation is 1. The Hall–Kier alpha value is -1.02. The summed E-state index contributed by atoms with van der Waals surface area (Å²) in [5.74, 6) is 1.02. The van der Waals surface area contributed by atoms with Crippen molar-refractivity contribution in [3.05, 3.63) is 28.8 Å². The van der Waals surface area contributed by atoms with Crippen LogP contribution in [0.5, 0.6) is 5.75 Å². The van der Waals surface area contributed by atoms with Gasteiger partial charge in [0.25, 0.3) is 0 Å². The zero-order valence-corrected chi connectivity index (χ0v) is 13.8. The molecule has 2 heteroatoms. The summed E-state index contributed by atoms with van der Waals surface area (Å²) < 4.78 is 0. The molecule has 118 valence electrons. The molecule has 0 saturated heterocycles. The Bertz CT molecular complexity index is 465. The van der Waals surface area contributed by atoms with Gasteiger partial charge in [-0.05, 0) is 53.7 Å². The monoisotopic (exact) mass is 290 g/mol. The predicted octanol–water partition coefficient (Wildman–Crippen LogP) is 4.66. The van der Waals surface area contributed by atoms with E-state index in [9.17, 15) is 5.11 Å². The van der Waals surface area contributed by atoms with Crippen LogP contribution in [0.15, 0.2) is 12.1 Å². The molecule has 0 unspecified atom stereocenters. The van der Waals surface area contributed by atoms with Gasteiger partial charge in [-0.3, -0.25) is 0 Å². The summed E-state index contributed by atoms with van der Waals surface area (Å²) in [6.45, 7) is 6.69. The minimum Gasteiger partial charge on any atom is -0.507 e. The van der Waals surface area contributed by atoms with Crippen molar-refractivity contribution in [3.63, 3.8) is 0 Å². The molecule has 0 spiro atoms. The van der Waals surface area contributed by atoms with Crippen molar-refractivity contribution in [2.45, 2.75) is 77.0 Å². The lowest BCUT2D eigenvalue weighted by molar-refractivity contribution is 0.288. The Morgan fingerprint density at radius 1 is 1.10 bits per heavy atom. The van der Waals surface area contributed by atoms with Crippen LogP contribution in [0, 0.1) is 0 Å². The molecule has 0 amide bonds. The molecule has 0 radical (unpaired) electrons. The van der Waals surface area contributed by atoms with Gasteiger partial charge in [0, 0.05) is 6.61 Å². The third-order valence-corrected chi connectivity index (χ3v) is 4.68. The Kier molecular flexibility index (Phi) is 5.32. The van der Waals surface area contributed by atoms with Crippen molar-refractivity contribution in [1.82, 2.24) is 0 Å². The normalized spacial score (nSPS) is 17.1. The number of aliphatic hydroxyl groups excluding tert-OH is 1. The molecule has 1 aromatic carbocycles. The quantitative estimate of drug-likeness (QED) is 0.846. The van der Waals surface area contributed by atoms with Crippen LogP contribution in [0.1, 0.15) is 81.9 Å². The van der Waals surface area contributed by atoms with Gasteiger partial charge in [-0.25, -0.2) is 0 Å². The van der Waals surface area contributed by atoms with Crippen LogP contribution >= 0.6 is 0 Å². The van der Waals surface area contributed by atoms with Crippen molar-refractivity contribution in [1.29, 1.82) is 0 Å². The van der Waals surface area contributed by atoms with Crippen molar-refractivity contribution in [2.24, 2.45) is 0 Å². The average molecular weight is 290 g/mol. The largest absolute Gasteiger partial charge is 0.507 e. The molecule has 2 rings (SSSR count). The predicted molar refractivity (Wildman–Crippen MR) is 88.0 cm³/mol. The fourth-order valence-electron chi connectivity index (χ4n) is 3.44. The molecule has 1 aliphatic rings. The summed E-state index contributed by atoms with van der Waals surface area (Å²) in [6, 6.07) is 4.33. The van der Waals surface area contributed by atoms with Crippen molar-refractivity contribution < 1.29 is 10.2 Å². The van der Waals surface area contributed by atoms with Crippen molar-refractivity contribution >= 4 is 0 Å². The maximum atomic E-state index is 10.8. The standard InChI is InChI=1S/C19H30O2/c1-19(2,3)17-13-14(8-7-11-20)12-16(18(17)21)15-9-5-4-6-10-15/h12-13,15,20-21H,4-11H2,1-3H3. The first-order valence-corrected chi connectivity index (χ1v) is 8.40. The summed E-state index contributed by atoms with van der Waals surface area (Å²) >= 11 is 0. The van der Waals surface area contributed by atoms with Crippen molar-refractivity contribution in [2.75, 3.05) is 6.61 Å². The van der Waals surface area contributed by atoms with E-state index in [-0.39, 0.29) is 12.0 Å². The van der Waals surface area contributed by atoms with E-state index in [2.05, 4.69) is 32.9 Å². The van der Waals surface area contributed by atoms with Gasteiger partial charge in [-0.15, -0.1) is 0 Å². The van der Waals surface area contributed by atoms with E-state index >= 15 is 0 Å². The lowest BCUT2D eigenvalue weighted by Gasteiger charge is -2.28. The van der Waals surface area contributed by atoms with Crippen LogP contribution in [0.3, 0.4) is 0 Å². The van der Waals surface area contributed by atoms with Gasteiger partial charge in [0.05, 0.1) is 0 Å². The molecule has 1 fully saturated rings. The van der Waals surface area contributed by atoms with E-state index in [0.29, 0.717) is 11.7 Å². The Morgan fingerprint density at radius 2 is 1.76 bits per heavy atom. The van der Waals surface area contributed by atoms with Crippen LogP contribution in [-0.2, 0) is 11.8 Å². The number of benzene rings is 1. The third-order valence-electron chi connectivity index (χ3n) is 4.68. The Morgan fingerprint density at radius 3 is 2.33 bits per heavy atom. The molecule has 0 bridgehead atoms. The van der Waals surface area contributed by atoms with E-state index in [1.807, 2.05) is 0 Å². The highest BCUT2D eigenvalue weighted by atomic mass is 16.3. The SMILES string of the molecule is CC(C)(C)c1cc(CCCO)cc(C2CCCCC2)c1O. The molecule has 0 atom stereocenters. The van der Waals surface area contributed by atoms with E-state index < -0.39 is 0 Å². The molecule has 21 heavy (non-hydrogen) atoms.